The van der Waals surface area contributed by atoms with Crippen molar-refractivity contribution >= 4 is 21.4 Å². The van der Waals surface area contributed by atoms with Crippen LogP contribution in [0.3, 0.4) is 0 Å². The maximum Gasteiger partial charge on any atom is 0.251 e. The fourth-order valence-corrected chi connectivity index (χ4v) is 4.95. The van der Waals surface area contributed by atoms with Crippen LogP contribution in [0.5, 0.6) is 0 Å². The van der Waals surface area contributed by atoms with Crippen molar-refractivity contribution in [3.63, 3.8) is 0 Å². The summed E-state index contributed by atoms with van der Waals surface area (Å²) >= 11 is 0. The van der Waals surface area contributed by atoms with E-state index in [2.05, 4.69) is 16.3 Å². The molecule has 1 amide bonds. The zero-order valence-corrected chi connectivity index (χ0v) is 20.0. The van der Waals surface area contributed by atoms with Crippen LogP contribution in [0.15, 0.2) is 53.4 Å². The van der Waals surface area contributed by atoms with Crippen LogP contribution in [0.1, 0.15) is 55.1 Å². The van der Waals surface area contributed by atoms with Crippen molar-refractivity contribution in [1.82, 2.24) is 5.32 Å². The van der Waals surface area contributed by atoms with Gasteiger partial charge in [-0.2, -0.15) is 5.26 Å². The summed E-state index contributed by atoms with van der Waals surface area (Å²) in [5.41, 5.74) is 2.26. The highest BCUT2D eigenvalue weighted by Crippen LogP contribution is 2.26. The molecule has 0 bridgehead atoms. The maximum atomic E-state index is 12.9. The molecule has 2 atom stereocenters. The molecular formula is C25H31N3O4S. The first kappa shape index (κ1) is 24.7. The first-order chi connectivity index (χ1) is 15.9. The Bertz CT molecular complexity index is 1080. The Morgan fingerprint density at radius 2 is 1.88 bits per heavy atom. The van der Waals surface area contributed by atoms with E-state index in [0.29, 0.717) is 30.4 Å². The molecular weight excluding hydrogens is 438 g/mol. The molecule has 0 aliphatic carbocycles. The number of hydrogen-bond acceptors (Lipinski definition) is 6. The number of rotatable bonds is 10. The second-order valence-electron chi connectivity index (χ2n) is 8.06. The third-order valence-electron chi connectivity index (χ3n) is 5.97. The van der Waals surface area contributed by atoms with Gasteiger partial charge in [-0.25, -0.2) is 8.42 Å². The van der Waals surface area contributed by atoms with Crippen LogP contribution in [-0.2, 0) is 14.6 Å². The Hall–Kier alpha value is -2.89. The molecule has 0 unspecified atom stereocenters. The number of carbonyl (C=O) groups is 1. The molecule has 1 aliphatic rings. The molecule has 33 heavy (non-hydrogen) atoms. The molecule has 1 heterocycles. The number of nitrogens with zero attached hydrogens (tertiary/aromatic N) is 2. The first-order valence-corrected chi connectivity index (χ1v) is 13.0. The fraction of sp³-hybridized carbons (Fsp3) is 0.440. The van der Waals surface area contributed by atoms with Crippen molar-refractivity contribution < 1.29 is 17.9 Å². The van der Waals surface area contributed by atoms with E-state index in [1.165, 1.54) is 12.1 Å². The van der Waals surface area contributed by atoms with E-state index < -0.39 is 15.9 Å². The molecule has 1 N–H and O–H groups in total. The van der Waals surface area contributed by atoms with Crippen molar-refractivity contribution in [3.8, 4) is 6.07 Å². The minimum absolute atomic E-state index is 0.0184. The molecule has 1 fully saturated rings. The number of ether oxygens (including phenoxy) is 1. The summed E-state index contributed by atoms with van der Waals surface area (Å²) in [5, 5.41) is 12.1. The third kappa shape index (κ3) is 6.12. The summed E-state index contributed by atoms with van der Waals surface area (Å²) in [4.78, 5) is 15.4. The number of nitriles is 1. The van der Waals surface area contributed by atoms with E-state index in [0.717, 1.165) is 25.1 Å². The predicted molar refractivity (Wildman–Crippen MR) is 128 cm³/mol. The molecule has 8 heteroatoms. The van der Waals surface area contributed by atoms with Crippen molar-refractivity contribution in [2.75, 3.05) is 30.4 Å². The number of hydrogen-bond donors (Lipinski definition) is 1. The molecule has 0 aromatic heterocycles. The summed E-state index contributed by atoms with van der Waals surface area (Å²) < 4.78 is 29.7. The van der Waals surface area contributed by atoms with Crippen LogP contribution >= 0.6 is 0 Å². The first-order valence-electron chi connectivity index (χ1n) is 11.3. The Morgan fingerprint density at radius 1 is 1.18 bits per heavy atom. The van der Waals surface area contributed by atoms with Gasteiger partial charge in [0.15, 0.2) is 9.84 Å². The lowest BCUT2D eigenvalue weighted by Crippen LogP contribution is -2.33. The number of benzene rings is 2. The van der Waals surface area contributed by atoms with E-state index in [9.17, 15) is 18.5 Å². The van der Waals surface area contributed by atoms with Crippen LogP contribution in [0.2, 0.25) is 0 Å². The van der Waals surface area contributed by atoms with Crippen LogP contribution < -0.4 is 10.2 Å². The molecule has 176 valence electrons. The van der Waals surface area contributed by atoms with Crippen LogP contribution in [0.4, 0.5) is 5.69 Å². The van der Waals surface area contributed by atoms with Gasteiger partial charge in [0.1, 0.15) is 0 Å². The molecule has 1 saturated heterocycles. The molecule has 0 spiro atoms. The van der Waals surface area contributed by atoms with E-state index in [1.807, 2.05) is 19.1 Å². The standard InChI is InChI=1S/C25H31N3O4S/c1-3-32-18-22-6-5-17-28(22)21-11-7-20(8-12-21)25(29)27-24(15-16-26)19-9-13-23(14-10-19)33(30,31)4-2/h7-14,22,24H,3-6,15,17-18H2,1-2H3,(H,27,29)/t22-,24+/m0/s1. The van der Waals surface area contributed by atoms with Crippen LogP contribution in [0.25, 0.3) is 0 Å². The van der Waals surface area contributed by atoms with E-state index in [-0.39, 0.29) is 23.0 Å². The number of amides is 1. The van der Waals surface area contributed by atoms with Gasteiger partial charge in [0.05, 0.1) is 41.8 Å². The predicted octanol–water partition coefficient (Wildman–Crippen LogP) is 3.87. The molecule has 0 saturated carbocycles. The smallest absolute Gasteiger partial charge is 0.251 e. The topological polar surface area (TPSA) is 99.5 Å². The third-order valence-corrected chi connectivity index (χ3v) is 7.73. The lowest BCUT2D eigenvalue weighted by Gasteiger charge is -2.26. The Morgan fingerprint density at radius 3 is 2.48 bits per heavy atom. The minimum Gasteiger partial charge on any atom is -0.380 e. The van der Waals surface area contributed by atoms with Gasteiger partial charge < -0.3 is 15.0 Å². The van der Waals surface area contributed by atoms with Crippen LogP contribution in [0, 0.1) is 11.3 Å². The number of sulfone groups is 1. The van der Waals surface area contributed by atoms with Gasteiger partial charge in [-0.1, -0.05) is 19.1 Å². The van der Waals surface area contributed by atoms with Crippen molar-refractivity contribution in [2.45, 2.75) is 50.1 Å². The molecule has 0 radical (unpaired) electrons. The van der Waals surface area contributed by atoms with Crippen molar-refractivity contribution in [1.29, 1.82) is 5.26 Å². The van der Waals surface area contributed by atoms with Gasteiger partial charge >= 0.3 is 0 Å². The Balaban J connectivity index is 1.70. The molecule has 2 aromatic carbocycles. The number of nitrogens with one attached hydrogen (secondary N) is 1. The average molecular weight is 470 g/mol. The molecule has 7 nitrogen and oxygen atoms in total. The number of carbonyl (C=O) groups excluding carboxylic acids is 1. The Labute approximate surface area is 196 Å². The maximum absolute atomic E-state index is 12.9. The zero-order valence-electron chi connectivity index (χ0n) is 19.2. The highest BCUT2D eigenvalue weighted by Gasteiger charge is 2.25. The lowest BCUT2D eigenvalue weighted by atomic mass is 10.0. The molecule has 1 aliphatic heterocycles. The SMILES string of the molecule is CCOC[C@@H]1CCCN1c1ccc(C(=O)N[C@H](CC#N)c2ccc(S(=O)(=O)CC)cc2)cc1. The van der Waals surface area contributed by atoms with Gasteiger partial charge in [-0.05, 0) is 61.7 Å². The Kier molecular flexibility index (Phi) is 8.48. The highest BCUT2D eigenvalue weighted by molar-refractivity contribution is 7.91. The van der Waals surface area contributed by atoms with E-state index in [1.54, 1.807) is 31.2 Å². The highest BCUT2D eigenvalue weighted by atomic mass is 32.2. The molecule has 2 aromatic rings. The van der Waals surface area contributed by atoms with Crippen molar-refractivity contribution in [3.05, 3.63) is 59.7 Å². The summed E-state index contributed by atoms with van der Waals surface area (Å²) in [6.45, 7) is 5.96. The van der Waals surface area contributed by atoms with Crippen LogP contribution in [-0.4, -0.2) is 45.9 Å². The second-order valence-corrected chi connectivity index (χ2v) is 10.3. The summed E-state index contributed by atoms with van der Waals surface area (Å²) in [7, 11) is -3.30. The number of anilines is 1. The van der Waals surface area contributed by atoms with Gasteiger partial charge in [-0.15, -0.1) is 0 Å². The van der Waals surface area contributed by atoms with E-state index in [4.69, 9.17) is 4.74 Å². The van der Waals surface area contributed by atoms with Gasteiger partial charge in [-0.3, -0.25) is 4.79 Å². The van der Waals surface area contributed by atoms with Crippen molar-refractivity contribution in [2.24, 2.45) is 0 Å². The van der Waals surface area contributed by atoms with E-state index >= 15 is 0 Å². The van der Waals surface area contributed by atoms with Gasteiger partial charge in [0.25, 0.3) is 5.91 Å². The summed E-state index contributed by atoms with van der Waals surface area (Å²) in [6.07, 6.45) is 2.29. The minimum atomic E-state index is -3.30. The lowest BCUT2D eigenvalue weighted by molar-refractivity contribution is 0.0937. The quantitative estimate of drug-likeness (QED) is 0.567. The fourth-order valence-electron chi connectivity index (χ4n) is 4.07. The average Bonchev–Trinajstić information content (AvgIpc) is 3.31. The molecule has 3 rings (SSSR count). The summed E-state index contributed by atoms with van der Waals surface area (Å²) in [6, 6.07) is 15.7. The van der Waals surface area contributed by atoms with Gasteiger partial charge in [0, 0.05) is 24.4 Å². The summed E-state index contributed by atoms with van der Waals surface area (Å²) in [5.74, 6) is -0.260. The monoisotopic (exact) mass is 469 g/mol. The second kappa shape index (κ2) is 11.3. The van der Waals surface area contributed by atoms with Gasteiger partial charge in [0.2, 0.25) is 0 Å². The largest absolute Gasteiger partial charge is 0.380 e. The zero-order chi connectivity index (χ0) is 23.8. The normalized spacial score (nSPS) is 16.9.